The minimum atomic E-state index is -0.560. The fourth-order valence-corrected chi connectivity index (χ4v) is 3.72. The topological polar surface area (TPSA) is 111 Å². The first-order chi connectivity index (χ1) is 16.5. The largest absolute Gasteiger partial charge is 0.488 e. The molecule has 3 aromatic rings. The molecule has 7 heteroatoms. The Balaban J connectivity index is 1.33. The smallest absolute Gasteiger partial charge is 0.252 e. The third-order valence-electron chi connectivity index (χ3n) is 5.86. The van der Waals surface area contributed by atoms with Gasteiger partial charge in [-0.15, -0.1) is 0 Å². The lowest BCUT2D eigenvalue weighted by Gasteiger charge is -2.24. The fraction of sp³-hybridized carbons (Fsp3) is 0.222. The van der Waals surface area contributed by atoms with E-state index in [4.69, 9.17) is 10.5 Å². The first-order valence-electron chi connectivity index (χ1n) is 11.3. The van der Waals surface area contributed by atoms with Crippen molar-refractivity contribution in [3.05, 3.63) is 95.1 Å². The molecule has 1 saturated carbocycles. The summed E-state index contributed by atoms with van der Waals surface area (Å²) in [4.78, 5) is 36.4. The number of ether oxygens (including phenoxy) is 1. The monoisotopic (exact) mass is 457 g/mol. The normalized spacial score (nSPS) is 12.9. The van der Waals surface area contributed by atoms with Crippen LogP contribution in [0.5, 0.6) is 5.75 Å². The third-order valence-corrected chi connectivity index (χ3v) is 5.86. The van der Waals surface area contributed by atoms with Gasteiger partial charge in [0.15, 0.2) is 0 Å². The van der Waals surface area contributed by atoms with E-state index in [1.165, 1.54) is 0 Å². The van der Waals surface area contributed by atoms with Gasteiger partial charge in [-0.25, -0.2) is 0 Å². The predicted molar refractivity (Wildman–Crippen MR) is 129 cm³/mol. The maximum atomic E-state index is 12.7. The molecule has 4 N–H and O–H groups in total. The van der Waals surface area contributed by atoms with Crippen LogP contribution in [-0.4, -0.2) is 17.7 Å². The Bertz CT molecular complexity index is 1200. The summed E-state index contributed by atoms with van der Waals surface area (Å²) in [6.07, 6.45) is 3.00. The van der Waals surface area contributed by atoms with E-state index in [1.54, 1.807) is 42.5 Å². The van der Waals surface area contributed by atoms with Gasteiger partial charge in [-0.3, -0.25) is 14.4 Å². The molecule has 3 aromatic carbocycles. The lowest BCUT2D eigenvalue weighted by molar-refractivity contribution is -0.122. The van der Waals surface area contributed by atoms with Crippen LogP contribution < -0.4 is 21.1 Å². The van der Waals surface area contributed by atoms with Crippen LogP contribution in [0.25, 0.3) is 0 Å². The van der Waals surface area contributed by atoms with Crippen LogP contribution in [0.4, 0.5) is 5.69 Å². The van der Waals surface area contributed by atoms with Crippen LogP contribution in [0.1, 0.15) is 51.1 Å². The highest BCUT2D eigenvalue weighted by molar-refractivity contribution is 5.96. The van der Waals surface area contributed by atoms with Gasteiger partial charge < -0.3 is 21.1 Å². The molecular weight excluding hydrogens is 430 g/mol. The number of primary amides is 1. The third kappa shape index (κ3) is 5.81. The van der Waals surface area contributed by atoms with Gasteiger partial charge in [0.1, 0.15) is 12.4 Å². The van der Waals surface area contributed by atoms with Crippen molar-refractivity contribution in [2.75, 3.05) is 5.32 Å². The molecule has 0 spiro atoms. The summed E-state index contributed by atoms with van der Waals surface area (Å²) in [7, 11) is 0. The number of amides is 3. The first kappa shape index (κ1) is 23.0. The summed E-state index contributed by atoms with van der Waals surface area (Å²) in [5, 5.41) is 5.87. The van der Waals surface area contributed by atoms with E-state index >= 15 is 0 Å². The van der Waals surface area contributed by atoms with Crippen molar-refractivity contribution < 1.29 is 19.1 Å². The van der Waals surface area contributed by atoms with Crippen LogP contribution in [0.2, 0.25) is 0 Å². The Morgan fingerprint density at radius 2 is 1.68 bits per heavy atom. The molecule has 34 heavy (non-hydrogen) atoms. The van der Waals surface area contributed by atoms with Gasteiger partial charge in [0, 0.05) is 23.7 Å². The molecule has 0 saturated heterocycles. The molecule has 7 nitrogen and oxygen atoms in total. The number of nitrogens with two attached hydrogens (primary N) is 1. The van der Waals surface area contributed by atoms with Crippen LogP contribution in [-0.2, 0) is 17.9 Å². The van der Waals surface area contributed by atoms with Gasteiger partial charge in [0.2, 0.25) is 5.91 Å². The minimum absolute atomic E-state index is 0.0601. The summed E-state index contributed by atoms with van der Waals surface area (Å²) in [5.74, 6) is -0.207. The number of benzene rings is 3. The van der Waals surface area contributed by atoms with Gasteiger partial charge >= 0.3 is 0 Å². The first-order valence-corrected chi connectivity index (χ1v) is 11.3. The molecular formula is C27H27N3O4. The number of hydrogen-bond donors (Lipinski definition) is 3. The second-order valence-corrected chi connectivity index (χ2v) is 8.35. The van der Waals surface area contributed by atoms with E-state index in [1.807, 2.05) is 30.3 Å². The van der Waals surface area contributed by atoms with Crippen molar-refractivity contribution in [3.63, 3.8) is 0 Å². The van der Waals surface area contributed by atoms with E-state index in [-0.39, 0.29) is 24.3 Å². The van der Waals surface area contributed by atoms with Crippen LogP contribution in [0, 0.1) is 5.92 Å². The average molecular weight is 458 g/mol. The van der Waals surface area contributed by atoms with Gasteiger partial charge in [-0.2, -0.15) is 0 Å². The molecule has 0 bridgehead atoms. The SMILES string of the molecule is NC(=O)c1ccccc1OCc1cccc(C(=O)NCc2cccc(NC(=O)C3CCC3)c2)c1. The Morgan fingerprint density at radius 1 is 0.912 bits per heavy atom. The van der Waals surface area contributed by atoms with Gasteiger partial charge in [0.05, 0.1) is 5.56 Å². The Kier molecular flexibility index (Phi) is 7.22. The molecule has 174 valence electrons. The number of para-hydroxylation sites is 1. The van der Waals surface area contributed by atoms with E-state index < -0.39 is 5.91 Å². The molecule has 0 atom stereocenters. The second kappa shape index (κ2) is 10.7. The van der Waals surface area contributed by atoms with Crippen molar-refractivity contribution in [2.24, 2.45) is 11.7 Å². The van der Waals surface area contributed by atoms with Crippen molar-refractivity contribution in [1.82, 2.24) is 5.32 Å². The summed E-state index contributed by atoms with van der Waals surface area (Å²) in [6, 6.07) is 21.4. The second-order valence-electron chi connectivity index (χ2n) is 8.35. The standard InChI is InChI=1S/C27H27N3O4/c28-25(31)23-12-1-2-13-24(23)34-17-19-7-3-10-21(14-19)26(32)29-16-18-6-4-11-22(15-18)30-27(33)20-8-5-9-20/h1-4,6-7,10-15,20H,5,8-9,16-17H2,(H2,28,31)(H,29,32)(H,30,33). The maximum Gasteiger partial charge on any atom is 0.252 e. The Labute approximate surface area is 198 Å². The maximum absolute atomic E-state index is 12.7. The zero-order chi connectivity index (χ0) is 23.9. The van der Waals surface area contributed by atoms with Crippen LogP contribution in [0.15, 0.2) is 72.8 Å². The quantitative estimate of drug-likeness (QED) is 0.450. The van der Waals surface area contributed by atoms with Gasteiger partial charge in [-0.1, -0.05) is 42.8 Å². The lowest BCUT2D eigenvalue weighted by atomic mass is 9.85. The molecule has 0 heterocycles. The molecule has 3 amide bonds. The number of rotatable bonds is 9. The summed E-state index contributed by atoms with van der Waals surface area (Å²) in [5.41, 5.74) is 8.61. The highest BCUT2D eigenvalue weighted by atomic mass is 16.5. The van der Waals surface area contributed by atoms with Crippen molar-refractivity contribution in [3.8, 4) is 5.75 Å². The van der Waals surface area contributed by atoms with E-state index in [9.17, 15) is 14.4 Å². The van der Waals surface area contributed by atoms with Crippen molar-refractivity contribution in [2.45, 2.75) is 32.4 Å². The number of nitrogens with one attached hydrogen (secondary N) is 2. The summed E-state index contributed by atoms with van der Waals surface area (Å²) in [6.45, 7) is 0.521. The van der Waals surface area contributed by atoms with E-state index in [0.717, 1.165) is 36.1 Å². The molecule has 1 aliphatic carbocycles. The highest BCUT2D eigenvalue weighted by Crippen LogP contribution is 2.27. The number of carbonyl (C=O) groups is 3. The van der Waals surface area contributed by atoms with E-state index in [2.05, 4.69) is 10.6 Å². The Morgan fingerprint density at radius 3 is 2.44 bits per heavy atom. The van der Waals surface area contributed by atoms with Crippen LogP contribution >= 0.6 is 0 Å². The van der Waals surface area contributed by atoms with E-state index in [0.29, 0.717) is 23.4 Å². The number of carbonyl (C=O) groups excluding carboxylic acids is 3. The Hall–Kier alpha value is -4.13. The number of hydrogen-bond acceptors (Lipinski definition) is 4. The zero-order valence-corrected chi connectivity index (χ0v) is 18.8. The summed E-state index contributed by atoms with van der Waals surface area (Å²) < 4.78 is 5.76. The van der Waals surface area contributed by atoms with Gasteiger partial charge in [0.25, 0.3) is 11.8 Å². The van der Waals surface area contributed by atoms with Crippen molar-refractivity contribution in [1.29, 1.82) is 0 Å². The van der Waals surface area contributed by atoms with Gasteiger partial charge in [-0.05, 0) is 60.4 Å². The minimum Gasteiger partial charge on any atom is -0.488 e. The molecule has 0 aliphatic heterocycles. The molecule has 0 unspecified atom stereocenters. The van der Waals surface area contributed by atoms with Crippen molar-refractivity contribution >= 4 is 23.4 Å². The molecule has 0 radical (unpaired) electrons. The molecule has 1 fully saturated rings. The number of anilines is 1. The average Bonchev–Trinajstić information content (AvgIpc) is 2.80. The molecule has 0 aromatic heterocycles. The fourth-order valence-electron chi connectivity index (χ4n) is 3.72. The predicted octanol–water partition coefficient (Wildman–Crippen LogP) is 4.03. The summed E-state index contributed by atoms with van der Waals surface area (Å²) >= 11 is 0. The highest BCUT2D eigenvalue weighted by Gasteiger charge is 2.25. The van der Waals surface area contributed by atoms with Crippen LogP contribution in [0.3, 0.4) is 0 Å². The molecule has 4 rings (SSSR count). The molecule has 1 aliphatic rings. The lowest BCUT2D eigenvalue weighted by Crippen LogP contribution is -2.28. The zero-order valence-electron chi connectivity index (χ0n) is 18.8.